The molecule has 0 saturated carbocycles. The second-order valence-corrected chi connectivity index (χ2v) is 5.78. The number of benzene rings is 1. The van der Waals surface area contributed by atoms with Crippen LogP contribution in [-0.2, 0) is 9.53 Å². The molecule has 5 nitrogen and oxygen atoms in total. The summed E-state index contributed by atoms with van der Waals surface area (Å²) in [5.74, 6) is 1.11. The molecule has 3 fully saturated rings. The number of carbonyl (C=O) groups is 1. The Morgan fingerprint density at radius 1 is 1.29 bits per heavy atom. The van der Waals surface area contributed by atoms with E-state index in [2.05, 4.69) is 15.0 Å². The van der Waals surface area contributed by atoms with Crippen LogP contribution < -0.4 is 10.1 Å². The van der Waals surface area contributed by atoms with Gasteiger partial charge in [-0.1, -0.05) is 0 Å². The zero-order valence-electron chi connectivity index (χ0n) is 12.4. The van der Waals surface area contributed by atoms with Gasteiger partial charge in [-0.05, 0) is 56.1 Å². The number of esters is 1. The van der Waals surface area contributed by atoms with Gasteiger partial charge in [-0.15, -0.1) is 0 Å². The maximum absolute atomic E-state index is 11.0. The first-order chi connectivity index (χ1) is 10.2. The number of rotatable bonds is 5. The zero-order valence-corrected chi connectivity index (χ0v) is 12.4. The number of ether oxygens (including phenoxy) is 2. The second-order valence-electron chi connectivity index (χ2n) is 5.78. The molecule has 5 heteroatoms. The van der Waals surface area contributed by atoms with Crippen molar-refractivity contribution in [3.63, 3.8) is 0 Å². The van der Waals surface area contributed by atoms with Crippen LogP contribution in [0.2, 0.25) is 0 Å². The van der Waals surface area contributed by atoms with Crippen molar-refractivity contribution in [1.82, 2.24) is 4.90 Å². The average molecular weight is 290 g/mol. The highest BCUT2D eigenvalue weighted by Crippen LogP contribution is 2.30. The van der Waals surface area contributed by atoms with E-state index in [0.717, 1.165) is 18.2 Å². The molecule has 3 heterocycles. The van der Waals surface area contributed by atoms with Crippen LogP contribution >= 0.6 is 0 Å². The number of nitrogens with one attached hydrogen (secondary N) is 1. The van der Waals surface area contributed by atoms with Crippen molar-refractivity contribution < 1.29 is 14.3 Å². The van der Waals surface area contributed by atoms with E-state index in [1.807, 2.05) is 24.3 Å². The average Bonchev–Trinajstić information content (AvgIpc) is 2.55. The molecule has 3 aliphatic heterocycles. The summed E-state index contributed by atoms with van der Waals surface area (Å²) in [6.07, 6.45) is 2.61. The van der Waals surface area contributed by atoms with E-state index in [1.54, 1.807) is 0 Å². The van der Waals surface area contributed by atoms with Gasteiger partial charge >= 0.3 is 5.97 Å². The van der Waals surface area contributed by atoms with Gasteiger partial charge in [0.15, 0.2) is 6.61 Å². The summed E-state index contributed by atoms with van der Waals surface area (Å²) in [4.78, 5) is 13.6. The van der Waals surface area contributed by atoms with Crippen LogP contribution in [0.25, 0.3) is 0 Å². The van der Waals surface area contributed by atoms with Crippen molar-refractivity contribution >= 4 is 11.7 Å². The number of anilines is 1. The minimum atomic E-state index is -0.371. The van der Waals surface area contributed by atoms with Gasteiger partial charge < -0.3 is 19.7 Å². The molecule has 2 bridgehead atoms. The molecule has 0 aromatic heterocycles. The third-order valence-corrected chi connectivity index (χ3v) is 4.45. The van der Waals surface area contributed by atoms with Crippen LogP contribution in [0.15, 0.2) is 24.3 Å². The lowest BCUT2D eigenvalue weighted by Gasteiger charge is -2.45. The minimum absolute atomic E-state index is 0.0526. The molecule has 3 saturated heterocycles. The van der Waals surface area contributed by atoms with Gasteiger partial charge in [0.2, 0.25) is 0 Å². The fourth-order valence-corrected chi connectivity index (χ4v) is 3.19. The fraction of sp³-hybridized carbons (Fsp3) is 0.562. The zero-order chi connectivity index (χ0) is 14.7. The Balaban J connectivity index is 1.53. The van der Waals surface area contributed by atoms with Gasteiger partial charge in [0.1, 0.15) is 5.75 Å². The summed E-state index contributed by atoms with van der Waals surface area (Å²) in [6, 6.07) is 8.32. The molecule has 0 amide bonds. The quantitative estimate of drug-likeness (QED) is 0.837. The normalized spacial score (nSPS) is 27.2. The van der Waals surface area contributed by atoms with Gasteiger partial charge in [0.05, 0.1) is 7.11 Å². The predicted molar refractivity (Wildman–Crippen MR) is 80.5 cm³/mol. The van der Waals surface area contributed by atoms with E-state index >= 15 is 0 Å². The Hall–Kier alpha value is -1.75. The number of piperidine rings is 3. The largest absolute Gasteiger partial charge is 0.482 e. The maximum atomic E-state index is 11.0. The topological polar surface area (TPSA) is 50.8 Å². The highest BCUT2D eigenvalue weighted by atomic mass is 16.6. The molecule has 1 N–H and O–H groups in total. The monoisotopic (exact) mass is 290 g/mol. The van der Waals surface area contributed by atoms with Crippen molar-refractivity contribution in [2.24, 2.45) is 5.92 Å². The number of carbonyl (C=O) groups excluding carboxylic acids is 1. The number of nitrogens with zero attached hydrogens (tertiary/aromatic N) is 1. The summed E-state index contributed by atoms with van der Waals surface area (Å²) in [5, 5.41) is 3.63. The molecule has 0 spiro atoms. The Kier molecular flexibility index (Phi) is 4.29. The molecule has 21 heavy (non-hydrogen) atoms. The summed E-state index contributed by atoms with van der Waals surface area (Å²) >= 11 is 0. The van der Waals surface area contributed by atoms with Gasteiger partial charge in [0, 0.05) is 18.3 Å². The molecule has 0 aliphatic carbocycles. The second kappa shape index (κ2) is 6.35. The molecular formula is C16H22N2O3. The fourth-order valence-electron chi connectivity index (χ4n) is 3.19. The maximum Gasteiger partial charge on any atom is 0.343 e. The van der Waals surface area contributed by atoms with Gasteiger partial charge in [-0.2, -0.15) is 0 Å². The van der Waals surface area contributed by atoms with Crippen LogP contribution in [0.3, 0.4) is 0 Å². The molecule has 4 rings (SSSR count). The number of hydrogen-bond acceptors (Lipinski definition) is 5. The lowest BCUT2D eigenvalue weighted by atomic mass is 9.84. The number of methoxy groups -OCH3 is 1. The molecule has 1 atom stereocenters. The van der Waals surface area contributed by atoms with E-state index < -0.39 is 0 Å². The molecule has 114 valence electrons. The van der Waals surface area contributed by atoms with Crippen LogP contribution in [-0.4, -0.2) is 50.3 Å². The summed E-state index contributed by atoms with van der Waals surface area (Å²) in [6.45, 7) is 3.60. The van der Waals surface area contributed by atoms with Gasteiger partial charge in [-0.25, -0.2) is 4.79 Å². The Morgan fingerprint density at radius 2 is 2.00 bits per heavy atom. The minimum Gasteiger partial charge on any atom is -0.482 e. The van der Waals surface area contributed by atoms with Crippen molar-refractivity contribution in [1.29, 1.82) is 0 Å². The van der Waals surface area contributed by atoms with E-state index in [4.69, 9.17) is 4.74 Å². The van der Waals surface area contributed by atoms with Crippen LogP contribution in [0.5, 0.6) is 5.75 Å². The first kappa shape index (κ1) is 14.2. The van der Waals surface area contributed by atoms with E-state index in [0.29, 0.717) is 11.8 Å². The Morgan fingerprint density at radius 3 is 2.57 bits per heavy atom. The van der Waals surface area contributed by atoms with Crippen molar-refractivity contribution in [2.45, 2.75) is 18.9 Å². The standard InChI is InChI=1S/C16H22N2O3/c1-20-16(19)11-21-14-4-2-13(3-5-14)17-15-10-18-8-6-12(15)7-9-18/h2-5,12,15,17H,6-11H2,1H3. The third kappa shape index (κ3) is 3.47. The predicted octanol–water partition coefficient (Wildman–Crippen LogP) is 1.74. The van der Waals surface area contributed by atoms with Crippen molar-refractivity contribution in [2.75, 3.05) is 38.7 Å². The van der Waals surface area contributed by atoms with Crippen molar-refractivity contribution in [3.05, 3.63) is 24.3 Å². The SMILES string of the molecule is COC(=O)COc1ccc(NC2CN3CCC2CC3)cc1. The van der Waals surface area contributed by atoms with Crippen LogP contribution in [0, 0.1) is 5.92 Å². The van der Waals surface area contributed by atoms with E-state index in [-0.39, 0.29) is 12.6 Å². The van der Waals surface area contributed by atoms with E-state index in [1.165, 1.54) is 33.0 Å². The van der Waals surface area contributed by atoms with Crippen LogP contribution in [0.4, 0.5) is 5.69 Å². The lowest BCUT2D eigenvalue weighted by Crippen LogP contribution is -2.53. The molecular weight excluding hydrogens is 268 g/mol. The van der Waals surface area contributed by atoms with Gasteiger partial charge in [0.25, 0.3) is 0 Å². The summed E-state index contributed by atoms with van der Waals surface area (Å²) < 4.78 is 9.89. The van der Waals surface area contributed by atoms with Crippen LogP contribution in [0.1, 0.15) is 12.8 Å². The van der Waals surface area contributed by atoms with E-state index in [9.17, 15) is 4.79 Å². The molecule has 3 aliphatic rings. The number of fused-ring (bicyclic) bond motifs is 3. The first-order valence-electron chi connectivity index (χ1n) is 7.53. The van der Waals surface area contributed by atoms with Crippen molar-refractivity contribution in [3.8, 4) is 5.75 Å². The summed E-state index contributed by atoms with van der Waals surface area (Å²) in [7, 11) is 1.35. The molecule has 0 radical (unpaired) electrons. The smallest absolute Gasteiger partial charge is 0.343 e. The van der Waals surface area contributed by atoms with Gasteiger partial charge in [-0.3, -0.25) is 0 Å². The highest BCUT2D eigenvalue weighted by Gasteiger charge is 2.33. The third-order valence-electron chi connectivity index (χ3n) is 4.45. The number of hydrogen-bond donors (Lipinski definition) is 1. The Bertz CT molecular complexity index is 481. The lowest BCUT2D eigenvalue weighted by molar-refractivity contribution is -0.142. The molecule has 1 aromatic carbocycles. The Labute approximate surface area is 125 Å². The molecule has 1 aromatic rings. The highest BCUT2D eigenvalue weighted by molar-refractivity contribution is 5.70. The first-order valence-corrected chi connectivity index (χ1v) is 7.53. The summed E-state index contributed by atoms with van der Waals surface area (Å²) in [5.41, 5.74) is 1.11. The molecule has 1 unspecified atom stereocenters.